The molecule has 1 amide bonds. The molecule has 0 radical (unpaired) electrons. The van der Waals surface area contributed by atoms with Gasteiger partial charge in [0.05, 0.1) is 31.3 Å². The molecule has 4 rings (SSSR count). The topological polar surface area (TPSA) is 72.9 Å². The third kappa shape index (κ3) is 4.25. The van der Waals surface area contributed by atoms with E-state index in [0.717, 1.165) is 24.2 Å². The summed E-state index contributed by atoms with van der Waals surface area (Å²) in [5.74, 6) is 0.966. The van der Waals surface area contributed by atoms with Crippen LogP contribution in [0, 0.1) is 5.92 Å². The molecule has 0 aromatic heterocycles. The fraction of sp³-hybridized carbons (Fsp3) is 0.632. The highest BCUT2D eigenvalue weighted by atomic mass is 35.5. The third-order valence-corrected chi connectivity index (χ3v) is 7.81. The van der Waals surface area contributed by atoms with E-state index in [4.69, 9.17) is 21.1 Å². The standard InChI is InChI=1S/C19H24ClNO5S/c20-16-1-2-17-15(10-16)11-21(13-19(26-17)4-6-25-7-5-19)18(22)9-14-3-8-27(23,24)12-14/h1-2,10,14H,3-9,11-13H2. The van der Waals surface area contributed by atoms with E-state index in [2.05, 4.69) is 0 Å². The molecule has 0 aliphatic carbocycles. The van der Waals surface area contributed by atoms with Gasteiger partial charge in [-0.15, -0.1) is 0 Å². The van der Waals surface area contributed by atoms with E-state index in [9.17, 15) is 13.2 Å². The highest BCUT2D eigenvalue weighted by Crippen LogP contribution is 2.37. The van der Waals surface area contributed by atoms with Gasteiger partial charge >= 0.3 is 0 Å². The van der Waals surface area contributed by atoms with Gasteiger partial charge in [0, 0.05) is 36.4 Å². The first kappa shape index (κ1) is 19.0. The number of nitrogens with zero attached hydrogens (tertiary/aromatic N) is 1. The maximum Gasteiger partial charge on any atom is 0.223 e. The summed E-state index contributed by atoms with van der Waals surface area (Å²) in [6, 6.07) is 5.51. The molecule has 3 aliphatic rings. The molecule has 148 valence electrons. The predicted molar refractivity (Wildman–Crippen MR) is 102 cm³/mol. The van der Waals surface area contributed by atoms with Gasteiger partial charge in [0.1, 0.15) is 11.4 Å². The molecule has 1 unspecified atom stereocenters. The molecule has 3 heterocycles. The highest BCUT2D eigenvalue weighted by Gasteiger charge is 2.41. The van der Waals surface area contributed by atoms with Gasteiger partial charge < -0.3 is 14.4 Å². The summed E-state index contributed by atoms with van der Waals surface area (Å²) in [6.45, 7) is 2.12. The normalized spacial score (nSPS) is 26.3. The number of hydrogen-bond acceptors (Lipinski definition) is 5. The van der Waals surface area contributed by atoms with E-state index in [1.54, 1.807) is 6.07 Å². The Kier molecular flexibility index (Phi) is 5.12. The molecule has 0 saturated carbocycles. The number of ether oxygens (including phenoxy) is 2. The summed E-state index contributed by atoms with van der Waals surface area (Å²) >= 11 is 6.16. The minimum Gasteiger partial charge on any atom is -0.485 e. The average Bonchev–Trinajstić information content (AvgIpc) is 2.87. The zero-order valence-electron chi connectivity index (χ0n) is 15.2. The molecule has 0 N–H and O–H groups in total. The van der Waals surface area contributed by atoms with Gasteiger partial charge in [0.2, 0.25) is 5.91 Å². The van der Waals surface area contributed by atoms with Crippen molar-refractivity contribution < 1.29 is 22.7 Å². The average molecular weight is 414 g/mol. The Labute approximate surface area is 164 Å². The minimum atomic E-state index is -2.99. The molecule has 1 spiro atoms. The predicted octanol–water partition coefficient (Wildman–Crippen LogP) is 2.44. The molecule has 27 heavy (non-hydrogen) atoms. The molecule has 1 aromatic carbocycles. The molecule has 6 nitrogen and oxygen atoms in total. The van der Waals surface area contributed by atoms with Crippen molar-refractivity contribution in [2.24, 2.45) is 5.92 Å². The molecule has 0 bridgehead atoms. The molecule has 2 fully saturated rings. The van der Waals surface area contributed by atoms with Crippen LogP contribution in [0.15, 0.2) is 18.2 Å². The van der Waals surface area contributed by atoms with Gasteiger partial charge in [-0.25, -0.2) is 8.42 Å². The second kappa shape index (κ2) is 7.26. The van der Waals surface area contributed by atoms with Gasteiger partial charge in [-0.1, -0.05) is 11.6 Å². The van der Waals surface area contributed by atoms with Crippen LogP contribution in [0.1, 0.15) is 31.2 Å². The van der Waals surface area contributed by atoms with Gasteiger partial charge in [0.15, 0.2) is 9.84 Å². The quantitative estimate of drug-likeness (QED) is 0.744. The number of hydrogen-bond donors (Lipinski definition) is 0. The van der Waals surface area contributed by atoms with Crippen molar-refractivity contribution in [3.63, 3.8) is 0 Å². The number of fused-ring (bicyclic) bond motifs is 1. The summed E-state index contributed by atoms with van der Waals surface area (Å²) in [5.41, 5.74) is 0.424. The lowest BCUT2D eigenvalue weighted by molar-refractivity contribution is -0.137. The van der Waals surface area contributed by atoms with Gasteiger partial charge in [-0.3, -0.25) is 4.79 Å². The first-order valence-corrected chi connectivity index (χ1v) is 11.6. The van der Waals surface area contributed by atoms with Crippen LogP contribution in [-0.2, 0) is 25.9 Å². The van der Waals surface area contributed by atoms with Crippen molar-refractivity contribution in [3.8, 4) is 5.75 Å². The van der Waals surface area contributed by atoms with Gasteiger partial charge in [-0.2, -0.15) is 0 Å². The Hall–Kier alpha value is -1.31. The van der Waals surface area contributed by atoms with E-state index in [1.165, 1.54) is 0 Å². The number of carbonyl (C=O) groups excluding carboxylic acids is 1. The third-order valence-electron chi connectivity index (χ3n) is 5.74. The Morgan fingerprint density at radius 2 is 2.07 bits per heavy atom. The Balaban J connectivity index is 1.58. The number of benzene rings is 1. The van der Waals surface area contributed by atoms with E-state index in [1.807, 2.05) is 17.0 Å². The summed E-state index contributed by atoms with van der Waals surface area (Å²) in [7, 11) is -2.99. The van der Waals surface area contributed by atoms with Crippen molar-refractivity contribution in [2.75, 3.05) is 31.3 Å². The molecular weight excluding hydrogens is 390 g/mol. The lowest BCUT2D eigenvalue weighted by Crippen LogP contribution is -2.51. The highest BCUT2D eigenvalue weighted by molar-refractivity contribution is 7.91. The monoisotopic (exact) mass is 413 g/mol. The molecule has 2 saturated heterocycles. The van der Waals surface area contributed by atoms with Crippen LogP contribution >= 0.6 is 11.6 Å². The van der Waals surface area contributed by atoms with Crippen LogP contribution < -0.4 is 4.74 Å². The van der Waals surface area contributed by atoms with E-state index < -0.39 is 15.4 Å². The van der Waals surface area contributed by atoms with Crippen molar-refractivity contribution in [1.29, 1.82) is 0 Å². The summed E-state index contributed by atoms with van der Waals surface area (Å²) in [6.07, 6.45) is 2.27. The van der Waals surface area contributed by atoms with Crippen LogP contribution in [0.25, 0.3) is 0 Å². The van der Waals surface area contributed by atoms with Crippen LogP contribution in [0.5, 0.6) is 5.75 Å². The second-order valence-corrected chi connectivity index (χ2v) is 10.5. The second-order valence-electron chi connectivity index (χ2n) is 7.87. The largest absolute Gasteiger partial charge is 0.485 e. The van der Waals surface area contributed by atoms with E-state index in [-0.39, 0.29) is 29.8 Å². The van der Waals surface area contributed by atoms with Crippen LogP contribution in [0.3, 0.4) is 0 Å². The van der Waals surface area contributed by atoms with Crippen LogP contribution in [-0.4, -0.2) is 56.1 Å². The van der Waals surface area contributed by atoms with E-state index in [0.29, 0.717) is 37.7 Å². The molecule has 8 heteroatoms. The maximum absolute atomic E-state index is 13.0. The summed E-state index contributed by atoms with van der Waals surface area (Å²) < 4.78 is 35.3. The van der Waals surface area contributed by atoms with E-state index >= 15 is 0 Å². The van der Waals surface area contributed by atoms with Gasteiger partial charge in [0.25, 0.3) is 0 Å². The minimum absolute atomic E-state index is 0.0145. The van der Waals surface area contributed by atoms with Crippen molar-refractivity contribution in [3.05, 3.63) is 28.8 Å². The number of halogens is 1. The number of carbonyl (C=O) groups is 1. The first-order chi connectivity index (χ1) is 12.8. The zero-order valence-corrected chi connectivity index (χ0v) is 16.7. The number of sulfone groups is 1. The van der Waals surface area contributed by atoms with Crippen molar-refractivity contribution in [1.82, 2.24) is 4.90 Å². The lowest BCUT2D eigenvalue weighted by atomic mass is 9.93. The summed E-state index contributed by atoms with van der Waals surface area (Å²) in [5, 5.41) is 0.606. The number of rotatable bonds is 2. The molecular formula is C19H24ClNO5S. The molecule has 1 atom stereocenters. The van der Waals surface area contributed by atoms with Gasteiger partial charge in [-0.05, 0) is 30.5 Å². The van der Waals surface area contributed by atoms with Crippen molar-refractivity contribution >= 4 is 27.3 Å². The Bertz CT molecular complexity index is 835. The fourth-order valence-electron chi connectivity index (χ4n) is 4.24. The lowest BCUT2D eigenvalue weighted by Gasteiger charge is -2.39. The van der Waals surface area contributed by atoms with Crippen molar-refractivity contribution in [2.45, 2.75) is 37.8 Å². The first-order valence-electron chi connectivity index (χ1n) is 9.38. The Morgan fingerprint density at radius 3 is 2.78 bits per heavy atom. The van der Waals surface area contributed by atoms with Crippen LogP contribution in [0.4, 0.5) is 0 Å². The smallest absolute Gasteiger partial charge is 0.223 e. The zero-order chi connectivity index (χ0) is 19.1. The number of amides is 1. The fourth-order valence-corrected chi connectivity index (χ4v) is 6.29. The molecule has 1 aromatic rings. The maximum atomic E-state index is 13.0. The summed E-state index contributed by atoms with van der Waals surface area (Å²) in [4.78, 5) is 14.9. The SMILES string of the molecule is O=C(CC1CCS(=O)(=O)C1)N1Cc2cc(Cl)ccc2OC2(CCOCC2)C1. The molecule has 3 aliphatic heterocycles. The Morgan fingerprint density at radius 1 is 1.30 bits per heavy atom. The van der Waals surface area contributed by atoms with Crippen LogP contribution in [0.2, 0.25) is 5.02 Å².